The molecule has 0 radical (unpaired) electrons. The van der Waals surface area contributed by atoms with Crippen molar-refractivity contribution in [2.75, 3.05) is 5.32 Å². The summed E-state index contributed by atoms with van der Waals surface area (Å²) in [6, 6.07) is 8.28. The second kappa shape index (κ2) is 5.68. The smallest absolute Gasteiger partial charge is 0.349 e. The van der Waals surface area contributed by atoms with Gasteiger partial charge in [0.25, 0.3) is 11.6 Å². The molecule has 1 N–H and O–H groups in total. The molecule has 3 aromatic rings. The Morgan fingerprint density at radius 2 is 2.09 bits per heavy atom. The summed E-state index contributed by atoms with van der Waals surface area (Å²) in [5.74, 6) is -0.680. The number of fused-ring (bicyclic) bond motifs is 1. The van der Waals surface area contributed by atoms with Crippen molar-refractivity contribution in [3.8, 4) is 0 Å². The lowest BCUT2D eigenvalue weighted by Crippen LogP contribution is -2.20. The molecule has 0 fully saturated rings. The zero-order valence-electron chi connectivity index (χ0n) is 11.6. The van der Waals surface area contributed by atoms with Gasteiger partial charge in [-0.3, -0.25) is 19.9 Å². The first kappa shape index (κ1) is 14.4. The topological polar surface area (TPSA) is 115 Å². The highest BCUT2D eigenvalue weighted by Crippen LogP contribution is 2.20. The molecule has 0 aliphatic rings. The molecule has 0 saturated carbocycles. The van der Waals surface area contributed by atoms with Crippen LogP contribution in [-0.2, 0) is 0 Å². The third-order valence-corrected chi connectivity index (χ3v) is 3.09. The van der Waals surface area contributed by atoms with Gasteiger partial charge in [-0.25, -0.2) is 4.79 Å². The Bertz CT molecular complexity index is 966. The number of aromatic nitrogens is 1. The van der Waals surface area contributed by atoms with Gasteiger partial charge in [0, 0.05) is 23.7 Å². The summed E-state index contributed by atoms with van der Waals surface area (Å²) in [6.07, 6.45) is 2.96. The second-order valence-corrected chi connectivity index (χ2v) is 4.62. The highest BCUT2D eigenvalue weighted by molar-refractivity contribution is 6.05. The van der Waals surface area contributed by atoms with Gasteiger partial charge in [-0.1, -0.05) is 0 Å². The van der Waals surface area contributed by atoms with Crippen LogP contribution in [0.1, 0.15) is 10.4 Å². The van der Waals surface area contributed by atoms with E-state index in [4.69, 9.17) is 4.42 Å². The van der Waals surface area contributed by atoms with Gasteiger partial charge in [0.2, 0.25) is 0 Å². The summed E-state index contributed by atoms with van der Waals surface area (Å²) in [5.41, 5.74) is -0.658. The fourth-order valence-corrected chi connectivity index (χ4v) is 2.02. The van der Waals surface area contributed by atoms with Gasteiger partial charge >= 0.3 is 5.63 Å². The second-order valence-electron chi connectivity index (χ2n) is 4.62. The lowest BCUT2D eigenvalue weighted by Gasteiger charge is -2.04. The number of nitrogens with one attached hydrogen (secondary N) is 1. The number of rotatable bonds is 3. The first-order chi connectivity index (χ1) is 11.0. The predicted molar refractivity (Wildman–Crippen MR) is 81.3 cm³/mol. The number of carbonyl (C=O) groups is 1. The number of pyridine rings is 1. The monoisotopic (exact) mass is 311 g/mol. The number of nitro benzene ring substituents is 1. The predicted octanol–water partition coefficient (Wildman–Crippen LogP) is 2.35. The van der Waals surface area contributed by atoms with Crippen molar-refractivity contribution in [1.29, 1.82) is 0 Å². The first-order valence-corrected chi connectivity index (χ1v) is 6.48. The number of benzene rings is 1. The van der Waals surface area contributed by atoms with E-state index in [0.717, 1.165) is 0 Å². The van der Waals surface area contributed by atoms with E-state index in [1.165, 1.54) is 30.5 Å². The fraction of sp³-hybridized carbons (Fsp3) is 0. The molecule has 3 rings (SSSR count). The van der Waals surface area contributed by atoms with Crippen LogP contribution >= 0.6 is 0 Å². The molecule has 114 valence electrons. The first-order valence-electron chi connectivity index (χ1n) is 6.48. The standard InChI is InChI=1S/C15H9N3O5/c19-14(17-10-2-1-5-16-8-10)12-7-9-6-11(18(21)22)3-4-13(9)23-15(12)20/h1-8H,(H,17,19). The van der Waals surface area contributed by atoms with Crippen LogP contribution in [0.2, 0.25) is 0 Å². The number of nitrogens with zero attached hydrogens (tertiary/aromatic N) is 2. The van der Waals surface area contributed by atoms with E-state index in [0.29, 0.717) is 5.69 Å². The molecule has 1 aromatic carbocycles. The van der Waals surface area contributed by atoms with Crippen molar-refractivity contribution in [1.82, 2.24) is 4.98 Å². The highest BCUT2D eigenvalue weighted by atomic mass is 16.6. The van der Waals surface area contributed by atoms with E-state index < -0.39 is 16.5 Å². The molecule has 2 aromatic heterocycles. The van der Waals surface area contributed by atoms with Crippen LogP contribution in [0.3, 0.4) is 0 Å². The summed E-state index contributed by atoms with van der Waals surface area (Å²) in [6.45, 7) is 0. The summed E-state index contributed by atoms with van der Waals surface area (Å²) >= 11 is 0. The lowest BCUT2D eigenvalue weighted by molar-refractivity contribution is -0.384. The summed E-state index contributed by atoms with van der Waals surface area (Å²) in [7, 11) is 0. The SMILES string of the molecule is O=C(Nc1cccnc1)c1cc2cc([N+](=O)[O-])ccc2oc1=O. The number of hydrogen-bond donors (Lipinski definition) is 1. The molecular weight excluding hydrogens is 302 g/mol. The van der Waals surface area contributed by atoms with Crippen LogP contribution in [0.25, 0.3) is 11.0 Å². The number of anilines is 1. The maximum Gasteiger partial charge on any atom is 0.349 e. The Labute approximate surface area is 128 Å². The van der Waals surface area contributed by atoms with Crippen LogP contribution in [0, 0.1) is 10.1 Å². The largest absolute Gasteiger partial charge is 0.422 e. The molecule has 8 heteroatoms. The molecule has 2 heterocycles. The van der Waals surface area contributed by atoms with Crippen molar-refractivity contribution in [2.24, 2.45) is 0 Å². The molecule has 0 aliphatic heterocycles. The molecule has 0 spiro atoms. The molecule has 1 amide bonds. The lowest BCUT2D eigenvalue weighted by atomic mass is 10.1. The van der Waals surface area contributed by atoms with Crippen LogP contribution in [0.5, 0.6) is 0 Å². The van der Waals surface area contributed by atoms with Crippen molar-refractivity contribution in [3.05, 3.63) is 74.9 Å². The summed E-state index contributed by atoms with van der Waals surface area (Å²) in [5, 5.41) is 13.6. The Balaban J connectivity index is 2.02. The van der Waals surface area contributed by atoms with E-state index in [-0.39, 0.29) is 22.2 Å². The number of carbonyl (C=O) groups excluding carboxylic acids is 1. The van der Waals surface area contributed by atoms with Crippen LogP contribution < -0.4 is 10.9 Å². The minimum atomic E-state index is -0.826. The van der Waals surface area contributed by atoms with E-state index >= 15 is 0 Å². The van der Waals surface area contributed by atoms with Crippen molar-refractivity contribution in [3.63, 3.8) is 0 Å². The molecule has 23 heavy (non-hydrogen) atoms. The van der Waals surface area contributed by atoms with Crippen molar-refractivity contribution >= 4 is 28.3 Å². The van der Waals surface area contributed by atoms with Crippen LogP contribution in [0.4, 0.5) is 11.4 Å². The molecule has 0 bridgehead atoms. The van der Waals surface area contributed by atoms with E-state index in [1.807, 2.05) is 0 Å². The summed E-state index contributed by atoms with van der Waals surface area (Å²) < 4.78 is 5.03. The average molecular weight is 311 g/mol. The van der Waals surface area contributed by atoms with Gasteiger partial charge in [-0.05, 0) is 24.3 Å². The van der Waals surface area contributed by atoms with Gasteiger partial charge in [-0.2, -0.15) is 0 Å². The number of hydrogen-bond acceptors (Lipinski definition) is 6. The van der Waals surface area contributed by atoms with Crippen molar-refractivity contribution in [2.45, 2.75) is 0 Å². The van der Waals surface area contributed by atoms with E-state index in [1.54, 1.807) is 18.3 Å². The van der Waals surface area contributed by atoms with Gasteiger partial charge in [-0.15, -0.1) is 0 Å². The Morgan fingerprint density at radius 1 is 1.26 bits per heavy atom. The third-order valence-electron chi connectivity index (χ3n) is 3.09. The van der Waals surface area contributed by atoms with E-state index in [2.05, 4.69) is 10.3 Å². The van der Waals surface area contributed by atoms with Gasteiger partial charge in [0.05, 0.1) is 16.8 Å². The Kier molecular flexibility index (Phi) is 3.55. The minimum absolute atomic E-state index is 0.162. The quantitative estimate of drug-likeness (QED) is 0.451. The molecule has 0 unspecified atom stereocenters. The normalized spacial score (nSPS) is 10.4. The molecule has 0 atom stereocenters. The zero-order chi connectivity index (χ0) is 16.4. The molecule has 0 aliphatic carbocycles. The third kappa shape index (κ3) is 2.91. The molecule has 0 saturated heterocycles. The van der Waals surface area contributed by atoms with Crippen molar-refractivity contribution < 1.29 is 14.1 Å². The molecular formula is C15H9N3O5. The Hall–Kier alpha value is -3.55. The van der Waals surface area contributed by atoms with E-state index in [9.17, 15) is 19.7 Å². The zero-order valence-corrected chi connectivity index (χ0v) is 11.6. The minimum Gasteiger partial charge on any atom is -0.422 e. The van der Waals surface area contributed by atoms with Gasteiger partial charge < -0.3 is 9.73 Å². The van der Waals surface area contributed by atoms with Gasteiger partial charge in [0.15, 0.2) is 0 Å². The number of nitro groups is 1. The maximum atomic E-state index is 12.2. The van der Waals surface area contributed by atoms with Crippen LogP contribution in [0.15, 0.2) is 58.0 Å². The summed E-state index contributed by atoms with van der Waals surface area (Å²) in [4.78, 5) is 38.1. The Morgan fingerprint density at radius 3 is 2.78 bits per heavy atom. The number of amides is 1. The number of non-ortho nitro benzene ring substituents is 1. The average Bonchev–Trinajstić information content (AvgIpc) is 2.54. The molecule has 8 nitrogen and oxygen atoms in total. The fourth-order valence-electron chi connectivity index (χ4n) is 2.02. The maximum absolute atomic E-state index is 12.2. The van der Waals surface area contributed by atoms with Gasteiger partial charge in [0.1, 0.15) is 11.1 Å². The highest BCUT2D eigenvalue weighted by Gasteiger charge is 2.16. The van der Waals surface area contributed by atoms with Crippen LogP contribution in [-0.4, -0.2) is 15.8 Å².